The van der Waals surface area contributed by atoms with Crippen molar-refractivity contribution in [1.29, 1.82) is 0 Å². The van der Waals surface area contributed by atoms with Gasteiger partial charge in [-0.05, 0) is 35.9 Å². The quantitative estimate of drug-likeness (QED) is 0.188. The van der Waals surface area contributed by atoms with Crippen LogP contribution in [0.4, 0.5) is 18.9 Å². The number of anilines is 1. The molecule has 1 aliphatic rings. The van der Waals surface area contributed by atoms with Gasteiger partial charge in [0.25, 0.3) is 11.7 Å². The van der Waals surface area contributed by atoms with Crippen molar-refractivity contribution in [1.82, 2.24) is 0 Å². The predicted molar refractivity (Wildman–Crippen MR) is 140 cm³/mol. The van der Waals surface area contributed by atoms with Crippen LogP contribution in [0.3, 0.4) is 0 Å². The van der Waals surface area contributed by atoms with Gasteiger partial charge in [0.2, 0.25) is 0 Å². The van der Waals surface area contributed by atoms with E-state index in [-0.39, 0.29) is 32.8 Å². The molecule has 8 nitrogen and oxygen atoms in total. The lowest BCUT2D eigenvalue weighted by atomic mass is 9.94. The van der Waals surface area contributed by atoms with Gasteiger partial charge in [-0.15, -0.1) is 13.2 Å². The molecule has 1 unspecified atom stereocenters. The summed E-state index contributed by atoms with van der Waals surface area (Å²) in [7, 11) is 4.02. The first-order valence-corrected chi connectivity index (χ1v) is 12.1. The summed E-state index contributed by atoms with van der Waals surface area (Å²) in [4.78, 5) is 27.8. The highest BCUT2D eigenvalue weighted by Gasteiger charge is 2.47. The molecule has 40 heavy (non-hydrogen) atoms. The number of hydrogen-bond donors (Lipinski definition) is 1. The van der Waals surface area contributed by atoms with Gasteiger partial charge >= 0.3 is 6.36 Å². The van der Waals surface area contributed by atoms with E-state index in [9.17, 15) is 27.9 Å². The second kappa shape index (κ2) is 11.2. The monoisotopic (exact) mass is 597 g/mol. The third-order valence-corrected chi connectivity index (χ3v) is 6.62. The lowest BCUT2D eigenvalue weighted by Gasteiger charge is -2.26. The highest BCUT2D eigenvalue weighted by atomic mass is 35.5. The first-order valence-electron chi connectivity index (χ1n) is 11.3. The Morgan fingerprint density at radius 3 is 2.12 bits per heavy atom. The van der Waals surface area contributed by atoms with E-state index in [0.717, 1.165) is 17.0 Å². The number of carbonyl (C=O) groups is 2. The predicted octanol–water partition coefficient (Wildman–Crippen LogP) is 6.54. The van der Waals surface area contributed by atoms with Crippen molar-refractivity contribution in [3.8, 4) is 23.0 Å². The zero-order valence-electron chi connectivity index (χ0n) is 21.0. The minimum atomic E-state index is -4.99. The number of carbonyl (C=O) groups excluding carboxylic acids is 2. The van der Waals surface area contributed by atoms with Crippen molar-refractivity contribution in [2.24, 2.45) is 0 Å². The smallest absolute Gasteiger partial charge is 0.507 e. The van der Waals surface area contributed by atoms with Crippen molar-refractivity contribution in [2.45, 2.75) is 12.4 Å². The first kappa shape index (κ1) is 28.9. The van der Waals surface area contributed by atoms with Crippen LogP contribution in [-0.2, 0) is 9.59 Å². The van der Waals surface area contributed by atoms with E-state index in [2.05, 4.69) is 4.74 Å². The van der Waals surface area contributed by atoms with Crippen molar-refractivity contribution in [3.05, 3.63) is 81.3 Å². The van der Waals surface area contributed by atoms with Gasteiger partial charge in [0.05, 0.1) is 43.5 Å². The van der Waals surface area contributed by atoms with E-state index < -0.39 is 41.2 Å². The van der Waals surface area contributed by atoms with Gasteiger partial charge in [-0.3, -0.25) is 14.5 Å². The third kappa shape index (κ3) is 5.34. The van der Waals surface area contributed by atoms with E-state index in [4.69, 9.17) is 37.4 Å². The van der Waals surface area contributed by atoms with Gasteiger partial charge in [-0.25, -0.2) is 0 Å². The number of rotatable bonds is 7. The molecule has 1 atom stereocenters. The highest BCUT2D eigenvalue weighted by Crippen LogP contribution is 2.48. The van der Waals surface area contributed by atoms with Crippen molar-refractivity contribution >= 4 is 46.3 Å². The van der Waals surface area contributed by atoms with Crippen LogP contribution in [0.5, 0.6) is 23.0 Å². The molecule has 0 spiro atoms. The normalized spacial score (nSPS) is 16.7. The van der Waals surface area contributed by atoms with Crippen LogP contribution in [0.15, 0.2) is 60.2 Å². The third-order valence-electron chi connectivity index (χ3n) is 6.00. The summed E-state index contributed by atoms with van der Waals surface area (Å²) < 4.78 is 58.4. The summed E-state index contributed by atoms with van der Waals surface area (Å²) in [6.07, 6.45) is -4.99. The Morgan fingerprint density at radius 1 is 0.900 bits per heavy atom. The number of Topliss-reactive ketones (excluding diaryl/α,β-unsaturated/α-hetero) is 1. The number of amides is 1. The maximum absolute atomic E-state index is 13.4. The lowest BCUT2D eigenvalue weighted by molar-refractivity contribution is -0.274. The Balaban J connectivity index is 1.98. The summed E-state index contributed by atoms with van der Waals surface area (Å²) in [5.74, 6) is -3.13. The van der Waals surface area contributed by atoms with Gasteiger partial charge in [-0.1, -0.05) is 41.4 Å². The molecule has 1 N–H and O–H groups in total. The molecule has 3 aromatic carbocycles. The van der Waals surface area contributed by atoms with Gasteiger partial charge < -0.3 is 24.1 Å². The number of ketones is 1. The molecule has 1 amide bonds. The Bertz CT molecular complexity index is 1510. The molecule has 1 aliphatic heterocycles. The minimum absolute atomic E-state index is 0.0259. The van der Waals surface area contributed by atoms with E-state index in [1.807, 2.05) is 0 Å². The zero-order chi connectivity index (χ0) is 29.4. The SMILES string of the molecule is COc1ccc(C2/C(=C(\O)c3cc(Cl)c(OC)c(Cl)c3OC)C(=O)C(=O)N2c2cccc(OC(F)(F)F)c2)cc1. The number of halogens is 5. The molecular weight excluding hydrogens is 578 g/mol. The topological polar surface area (TPSA) is 94.5 Å². The maximum Gasteiger partial charge on any atom is 0.573 e. The standard InChI is InChI=1S/C27H20Cl2F3NO7/c1-37-15-9-7-13(8-10-15)21-19(22(34)17-12-18(28)25(39-3)20(29)24(17)38-2)23(35)26(36)33(21)14-5-4-6-16(11-14)40-27(30,31)32/h4-12,21,34H,1-3H3/b22-19+. The second-order valence-corrected chi connectivity index (χ2v) is 9.06. The number of nitrogens with zero attached hydrogens (tertiary/aromatic N) is 1. The van der Waals surface area contributed by atoms with Crippen molar-refractivity contribution in [3.63, 3.8) is 0 Å². The zero-order valence-corrected chi connectivity index (χ0v) is 22.5. The molecule has 0 aromatic heterocycles. The average molecular weight is 598 g/mol. The van der Waals surface area contributed by atoms with Gasteiger partial charge in [-0.2, -0.15) is 0 Å². The van der Waals surface area contributed by atoms with Gasteiger partial charge in [0, 0.05) is 11.8 Å². The summed E-state index contributed by atoms with van der Waals surface area (Å²) in [6, 6.07) is 10.7. The lowest BCUT2D eigenvalue weighted by Crippen LogP contribution is -2.29. The van der Waals surface area contributed by atoms with E-state index >= 15 is 0 Å². The molecule has 210 valence electrons. The van der Waals surface area contributed by atoms with E-state index in [0.29, 0.717) is 11.3 Å². The molecule has 3 aromatic rings. The minimum Gasteiger partial charge on any atom is -0.507 e. The maximum atomic E-state index is 13.4. The Labute approximate surface area is 236 Å². The summed E-state index contributed by atoms with van der Waals surface area (Å²) in [5, 5.41) is 11.4. The Hall–Kier alpha value is -4.09. The fourth-order valence-electron chi connectivity index (χ4n) is 4.32. The number of alkyl halides is 3. The molecular formula is C27H20Cl2F3NO7. The van der Waals surface area contributed by atoms with Crippen molar-refractivity contribution in [2.75, 3.05) is 26.2 Å². The van der Waals surface area contributed by atoms with E-state index in [1.165, 1.54) is 51.7 Å². The Morgan fingerprint density at radius 2 is 1.55 bits per heavy atom. The molecule has 1 fully saturated rings. The number of hydrogen-bond acceptors (Lipinski definition) is 7. The fraction of sp³-hybridized carbons (Fsp3) is 0.185. The molecule has 1 heterocycles. The number of aliphatic hydroxyl groups is 1. The summed E-state index contributed by atoms with van der Waals surface area (Å²) in [5.41, 5.74) is -0.285. The molecule has 1 saturated heterocycles. The van der Waals surface area contributed by atoms with Gasteiger partial charge in [0.1, 0.15) is 22.3 Å². The van der Waals surface area contributed by atoms with Crippen LogP contribution in [-0.4, -0.2) is 44.5 Å². The van der Waals surface area contributed by atoms with Crippen LogP contribution in [0.25, 0.3) is 5.76 Å². The average Bonchev–Trinajstić information content (AvgIpc) is 3.17. The largest absolute Gasteiger partial charge is 0.573 e. The Kier molecular flexibility index (Phi) is 8.08. The molecule has 13 heteroatoms. The van der Waals surface area contributed by atoms with Gasteiger partial charge in [0.15, 0.2) is 11.5 Å². The van der Waals surface area contributed by atoms with Crippen molar-refractivity contribution < 1.29 is 46.8 Å². The molecule has 4 rings (SSSR count). The number of aliphatic hydroxyl groups excluding tert-OH is 1. The summed E-state index contributed by atoms with van der Waals surface area (Å²) in [6.45, 7) is 0. The van der Waals surface area contributed by atoms with Crippen LogP contribution in [0.1, 0.15) is 17.2 Å². The first-order chi connectivity index (χ1) is 18.9. The van der Waals surface area contributed by atoms with Crippen LogP contribution < -0.4 is 23.8 Å². The van der Waals surface area contributed by atoms with Crippen LogP contribution in [0.2, 0.25) is 10.0 Å². The van der Waals surface area contributed by atoms with E-state index in [1.54, 1.807) is 12.1 Å². The highest BCUT2D eigenvalue weighted by molar-refractivity contribution is 6.52. The number of methoxy groups -OCH3 is 3. The molecule has 0 radical (unpaired) electrons. The summed E-state index contributed by atoms with van der Waals surface area (Å²) >= 11 is 12.6. The molecule has 0 aliphatic carbocycles. The van der Waals surface area contributed by atoms with Crippen LogP contribution >= 0.6 is 23.2 Å². The number of benzene rings is 3. The second-order valence-electron chi connectivity index (χ2n) is 8.27. The molecule has 0 saturated carbocycles. The molecule has 0 bridgehead atoms. The van der Waals surface area contributed by atoms with Crippen LogP contribution in [0, 0.1) is 0 Å². The fourth-order valence-corrected chi connectivity index (χ4v) is 5.01. The number of ether oxygens (including phenoxy) is 4.